The van der Waals surface area contributed by atoms with E-state index in [0.717, 1.165) is 11.1 Å². The molecule has 0 fully saturated rings. The first-order valence-electron chi connectivity index (χ1n) is 8.48. The Morgan fingerprint density at radius 3 is 2.00 bits per heavy atom. The topological polar surface area (TPSA) is 58.2 Å². The summed E-state index contributed by atoms with van der Waals surface area (Å²) in [7, 11) is 0. The molecule has 0 saturated heterocycles. The second kappa shape index (κ2) is 8.06. The van der Waals surface area contributed by atoms with Crippen molar-refractivity contribution in [1.82, 2.24) is 0 Å². The number of carbonyl (C=O) groups is 2. The van der Waals surface area contributed by atoms with Gasteiger partial charge in [0.2, 0.25) is 0 Å². The smallest absolute Gasteiger partial charge is 0.257 e. The first kappa shape index (κ1) is 18.7. The second-order valence-corrected chi connectivity index (χ2v) is 6.69. The quantitative estimate of drug-likeness (QED) is 0.633. The molecule has 4 nitrogen and oxygen atoms in total. The van der Waals surface area contributed by atoms with Crippen molar-refractivity contribution < 1.29 is 9.59 Å². The van der Waals surface area contributed by atoms with E-state index in [-0.39, 0.29) is 11.8 Å². The van der Waals surface area contributed by atoms with Crippen molar-refractivity contribution in [2.45, 2.75) is 13.8 Å². The van der Waals surface area contributed by atoms with Gasteiger partial charge < -0.3 is 10.6 Å². The molecule has 0 aliphatic rings. The standard InChI is InChI=1S/C22H19ClN2O2/c1-14-10-11-18(15(2)12-14)21(26)24-16-6-5-7-17(13-16)25-22(27)19-8-3-4-9-20(19)23/h3-13H,1-2H3,(H,24,26)(H,25,27). The zero-order valence-electron chi connectivity index (χ0n) is 15.0. The van der Waals surface area contributed by atoms with Gasteiger partial charge in [0.25, 0.3) is 11.8 Å². The molecule has 136 valence electrons. The van der Waals surface area contributed by atoms with Gasteiger partial charge in [-0.3, -0.25) is 9.59 Å². The number of amides is 2. The summed E-state index contributed by atoms with van der Waals surface area (Å²) in [5.41, 5.74) is 4.19. The Bertz CT molecular complexity index is 1010. The largest absolute Gasteiger partial charge is 0.322 e. The molecule has 3 aromatic carbocycles. The zero-order chi connectivity index (χ0) is 19.4. The molecule has 0 spiro atoms. The fourth-order valence-corrected chi connectivity index (χ4v) is 3.01. The molecule has 0 heterocycles. The Morgan fingerprint density at radius 1 is 0.741 bits per heavy atom. The molecule has 0 saturated carbocycles. The fraction of sp³-hybridized carbons (Fsp3) is 0.0909. The van der Waals surface area contributed by atoms with E-state index in [9.17, 15) is 9.59 Å². The van der Waals surface area contributed by atoms with Crippen LogP contribution in [0.2, 0.25) is 5.02 Å². The number of benzene rings is 3. The average Bonchev–Trinajstić information content (AvgIpc) is 2.62. The molecule has 0 unspecified atom stereocenters. The predicted molar refractivity (Wildman–Crippen MR) is 110 cm³/mol. The highest BCUT2D eigenvalue weighted by atomic mass is 35.5. The van der Waals surface area contributed by atoms with Crippen LogP contribution in [0.15, 0.2) is 66.7 Å². The van der Waals surface area contributed by atoms with E-state index in [2.05, 4.69) is 10.6 Å². The maximum Gasteiger partial charge on any atom is 0.257 e. The van der Waals surface area contributed by atoms with E-state index < -0.39 is 0 Å². The van der Waals surface area contributed by atoms with Gasteiger partial charge in [0.1, 0.15) is 0 Å². The number of rotatable bonds is 4. The van der Waals surface area contributed by atoms with Crippen LogP contribution in [-0.4, -0.2) is 11.8 Å². The molecule has 5 heteroatoms. The summed E-state index contributed by atoms with van der Waals surface area (Å²) in [5.74, 6) is -0.500. The summed E-state index contributed by atoms with van der Waals surface area (Å²) < 4.78 is 0. The number of halogens is 1. The molecule has 2 amide bonds. The molecular weight excluding hydrogens is 360 g/mol. The van der Waals surface area contributed by atoms with Crippen LogP contribution in [0.4, 0.5) is 11.4 Å². The van der Waals surface area contributed by atoms with E-state index >= 15 is 0 Å². The first-order valence-corrected chi connectivity index (χ1v) is 8.86. The van der Waals surface area contributed by atoms with Crippen molar-refractivity contribution in [2.75, 3.05) is 10.6 Å². The molecule has 0 aromatic heterocycles. The number of aryl methyl sites for hydroxylation is 2. The van der Waals surface area contributed by atoms with Crippen molar-refractivity contribution in [3.05, 3.63) is 94.0 Å². The Hall–Kier alpha value is -3.11. The van der Waals surface area contributed by atoms with Crippen molar-refractivity contribution in [1.29, 1.82) is 0 Å². The number of hydrogen-bond donors (Lipinski definition) is 2. The Labute approximate surface area is 163 Å². The van der Waals surface area contributed by atoms with Crippen LogP contribution in [0, 0.1) is 13.8 Å². The van der Waals surface area contributed by atoms with E-state index in [4.69, 9.17) is 11.6 Å². The molecule has 0 bridgehead atoms. The average molecular weight is 379 g/mol. The van der Waals surface area contributed by atoms with Gasteiger partial charge in [-0.2, -0.15) is 0 Å². The SMILES string of the molecule is Cc1ccc(C(=O)Nc2cccc(NC(=O)c3ccccc3Cl)c2)c(C)c1. The van der Waals surface area contributed by atoms with Gasteiger partial charge in [-0.15, -0.1) is 0 Å². The minimum Gasteiger partial charge on any atom is -0.322 e. The third-order valence-corrected chi connectivity index (χ3v) is 4.45. The number of anilines is 2. The predicted octanol–water partition coefficient (Wildman–Crippen LogP) is 5.46. The summed E-state index contributed by atoms with van der Waals surface area (Å²) in [6.45, 7) is 3.89. The highest BCUT2D eigenvalue weighted by Gasteiger charge is 2.12. The molecule has 0 aliphatic carbocycles. The lowest BCUT2D eigenvalue weighted by molar-refractivity contribution is 0.101. The lowest BCUT2D eigenvalue weighted by Gasteiger charge is -2.11. The summed E-state index contributed by atoms with van der Waals surface area (Å²) in [6, 6.07) is 19.5. The summed E-state index contributed by atoms with van der Waals surface area (Å²) in [4.78, 5) is 24.9. The first-order chi connectivity index (χ1) is 12.9. The molecule has 3 rings (SSSR count). The highest BCUT2D eigenvalue weighted by molar-refractivity contribution is 6.34. The third-order valence-electron chi connectivity index (χ3n) is 4.12. The van der Waals surface area contributed by atoms with Crippen molar-refractivity contribution in [2.24, 2.45) is 0 Å². The van der Waals surface area contributed by atoms with Gasteiger partial charge >= 0.3 is 0 Å². The zero-order valence-corrected chi connectivity index (χ0v) is 15.8. The van der Waals surface area contributed by atoms with Gasteiger partial charge in [-0.1, -0.05) is 47.5 Å². The van der Waals surface area contributed by atoms with E-state index in [1.165, 1.54) is 0 Å². The summed E-state index contributed by atoms with van der Waals surface area (Å²) in [6.07, 6.45) is 0. The summed E-state index contributed by atoms with van der Waals surface area (Å²) >= 11 is 6.06. The van der Waals surface area contributed by atoms with Crippen LogP contribution >= 0.6 is 11.6 Å². The van der Waals surface area contributed by atoms with Crippen molar-refractivity contribution >= 4 is 34.8 Å². The van der Waals surface area contributed by atoms with Crippen molar-refractivity contribution in [3.63, 3.8) is 0 Å². The van der Waals surface area contributed by atoms with Crippen LogP contribution in [-0.2, 0) is 0 Å². The fourth-order valence-electron chi connectivity index (χ4n) is 2.79. The molecule has 0 radical (unpaired) electrons. The van der Waals surface area contributed by atoms with Crippen LogP contribution in [0.25, 0.3) is 0 Å². The minimum absolute atomic E-state index is 0.193. The Morgan fingerprint density at radius 2 is 1.37 bits per heavy atom. The molecule has 3 aromatic rings. The molecule has 0 atom stereocenters. The number of carbonyl (C=O) groups excluding carboxylic acids is 2. The van der Waals surface area contributed by atoms with Gasteiger partial charge in [0.05, 0.1) is 10.6 Å². The van der Waals surface area contributed by atoms with E-state index in [0.29, 0.717) is 27.5 Å². The molecule has 0 aliphatic heterocycles. The molecule has 2 N–H and O–H groups in total. The van der Waals surface area contributed by atoms with Gasteiger partial charge in [0, 0.05) is 16.9 Å². The van der Waals surface area contributed by atoms with Crippen LogP contribution in [0.3, 0.4) is 0 Å². The van der Waals surface area contributed by atoms with Crippen LogP contribution in [0.5, 0.6) is 0 Å². The number of hydrogen-bond acceptors (Lipinski definition) is 2. The summed E-state index contributed by atoms with van der Waals surface area (Å²) in [5, 5.41) is 6.05. The van der Waals surface area contributed by atoms with Gasteiger partial charge in [0.15, 0.2) is 0 Å². The maximum absolute atomic E-state index is 12.5. The molecular formula is C22H19ClN2O2. The van der Waals surface area contributed by atoms with Crippen molar-refractivity contribution in [3.8, 4) is 0 Å². The lowest BCUT2D eigenvalue weighted by Crippen LogP contribution is -2.15. The van der Waals surface area contributed by atoms with E-state index in [1.807, 2.05) is 32.0 Å². The van der Waals surface area contributed by atoms with Crippen LogP contribution in [0.1, 0.15) is 31.8 Å². The number of nitrogens with one attached hydrogen (secondary N) is 2. The monoisotopic (exact) mass is 378 g/mol. The van der Waals surface area contributed by atoms with E-state index in [1.54, 1.807) is 48.5 Å². The Balaban J connectivity index is 1.75. The second-order valence-electron chi connectivity index (χ2n) is 6.29. The van der Waals surface area contributed by atoms with Gasteiger partial charge in [-0.05, 0) is 55.8 Å². The molecule has 27 heavy (non-hydrogen) atoms. The van der Waals surface area contributed by atoms with Gasteiger partial charge in [-0.25, -0.2) is 0 Å². The normalized spacial score (nSPS) is 10.3. The van der Waals surface area contributed by atoms with Crippen LogP contribution < -0.4 is 10.6 Å². The lowest BCUT2D eigenvalue weighted by atomic mass is 10.1. The minimum atomic E-state index is -0.307. The maximum atomic E-state index is 12.5. The third kappa shape index (κ3) is 4.54. The Kier molecular flexibility index (Phi) is 5.57. The highest BCUT2D eigenvalue weighted by Crippen LogP contribution is 2.20.